The van der Waals surface area contributed by atoms with Gasteiger partial charge in [0.1, 0.15) is 0 Å². The van der Waals surface area contributed by atoms with Crippen LogP contribution in [0.2, 0.25) is 10.0 Å². The molecular weight excluding hydrogens is 209 g/mol. The average Bonchev–Trinajstić information content (AvgIpc) is 2.10. The molecule has 0 aromatic heterocycles. The fourth-order valence-electron chi connectivity index (χ4n) is 1.04. The first kappa shape index (κ1) is 10.6. The summed E-state index contributed by atoms with van der Waals surface area (Å²) in [6.45, 7) is 0.306. The molecule has 0 radical (unpaired) electrons. The van der Waals surface area contributed by atoms with Crippen molar-refractivity contribution in [3.63, 3.8) is 0 Å². The first-order chi connectivity index (χ1) is 6.06. The van der Waals surface area contributed by atoms with Crippen molar-refractivity contribution in [1.29, 1.82) is 0 Å². The average molecular weight is 220 g/mol. The summed E-state index contributed by atoms with van der Waals surface area (Å²) in [4.78, 5) is 0. The highest BCUT2D eigenvalue weighted by Gasteiger charge is 2.11. The third kappa shape index (κ3) is 2.25. The van der Waals surface area contributed by atoms with Gasteiger partial charge in [-0.3, -0.25) is 0 Å². The van der Waals surface area contributed by atoms with Crippen molar-refractivity contribution in [2.45, 2.75) is 6.04 Å². The lowest BCUT2D eigenvalue weighted by Gasteiger charge is -2.13. The summed E-state index contributed by atoms with van der Waals surface area (Å²) in [5.41, 5.74) is 18.0. The monoisotopic (exact) mass is 219 g/mol. The second kappa shape index (κ2) is 4.15. The lowest BCUT2D eigenvalue weighted by atomic mass is 10.1. The van der Waals surface area contributed by atoms with Crippen molar-refractivity contribution >= 4 is 28.9 Å². The molecule has 3 nitrogen and oxygen atoms in total. The highest BCUT2D eigenvalue weighted by Crippen LogP contribution is 2.30. The van der Waals surface area contributed by atoms with Gasteiger partial charge in [-0.15, -0.1) is 0 Å². The molecule has 0 bridgehead atoms. The molecule has 1 aromatic carbocycles. The van der Waals surface area contributed by atoms with Gasteiger partial charge in [0.2, 0.25) is 0 Å². The van der Waals surface area contributed by atoms with E-state index in [-0.39, 0.29) is 6.04 Å². The van der Waals surface area contributed by atoms with E-state index in [0.29, 0.717) is 27.8 Å². The Morgan fingerprint density at radius 3 is 2.46 bits per heavy atom. The summed E-state index contributed by atoms with van der Waals surface area (Å²) in [5.74, 6) is 0. The second-order valence-electron chi connectivity index (χ2n) is 2.73. The molecule has 0 aliphatic carbocycles. The van der Waals surface area contributed by atoms with Crippen LogP contribution in [0.1, 0.15) is 11.6 Å². The summed E-state index contributed by atoms with van der Waals surface area (Å²) < 4.78 is 0. The number of nitrogens with two attached hydrogens (primary N) is 3. The Morgan fingerprint density at radius 2 is 1.92 bits per heavy atom. The van der Waals surface area contributed by atoms with Gasteiger partial charge in [-0.1, -0.05) is 23.2 Å². The molecule has 0 aliphatic heterocycles. The smallest absolute Gasteiger partial charge is 0.0653 e. The topological polar surface area (TPSA) is 78.1 Å². The number of benzene rings is 1. The van der Waals surface area contributed by atoms with Gasteiger partial charge in [-0.25, -0.2) is 0 Å². The van der Waals surface area contributed by atoms with Gasteiger partial charge < -0.3 is 17.2 Å². The largest absolute Gasteiger partial charge is 0.397 e. The van der Waals surface area contributed by atoms with Crippen molar-refractivity contribution in [2.75, 3.05) is 12.3 Å². The van der Waals surface area contributed by atoms with Crippen molar-refractivity contribution in [1.82, 2.24) is 0 Å². The third-order valence-corrected chi connectivity index (χ3v) is 2.31. The van der Waals surface area contributed by atoms with Crippen LogP contribution in [0.15, 0.2) is 12.1 Å². The first-order valence-electron chi connectivity index (χ1n) is 3.76. The van der Waals surface area contributed by atoms with Crippen LogP contribution < -0.4 is 17.2 Å². The predicted molar refractivity (Wildman–Crippen MR) is 56.9 cm³/mol. The number of rotatable bonds is 2. The van der Waals surface area contributed by atoms with E-state index < -0.39 is 0 Å². The Labute approximate surface area is 86.8 Å². The molecule has 0 saturated carbocycles. The number of anilines is 1. The Balaban J connectivity index is 3.20. The Hall–Kier alpha value is -0.480. The van der Waals surface area contributed by atoms with Crippen LogP contribution in [0.4, 0.5) is 5.69 Å². The molecule has 0 unspecified atom stereocenters. The van der Waals surface area contributed by atoms with E-state index in [1.54, 1.807) is 12.1 Å². The maximum atomic E-state index is 5.81. The molecule has 1 aromatic rings. The zero-order chi connectivity index (χ0) is 10.0. The van der Waals surface area contributed by atoms with Crippen LogP contribution in [-0.2, 0) is 0 Å². The Bertz CT molecular complexity index is 315. The van der Waals surface area contributed by atoms with Gasteiger partial charge >= 0.3 is 0 Å². The maximum Gasteiger partial charge on any atom is 0.0653 e. The molecule has 0 fully saturated rings. The molecular formula is C8H11Cl2N3. The number of halogens is 2. The lowest BCUT2D eigenvalue weighted by molar-refractivity contribution is 0.739. The number of hydrogen-bond donors (Lipinski definition) is 3. The van der Waals surface area contributed by atoms with E-state index in [0.717, 1.165) is 0 Å². The minimum absolute atomic E-state index is 0.306. The van der Waals surface area contributed by atoms with Crippen LogP contribution >= 0.6 is 23.2 Å². The van der Waals surface area contributed by atoms with Gasteiger partial charge in [0.05, 0.1) is 10.7 Å². The molecule has 13 heavy (non-hydrogen) atoms. The fourth-order valence-corrected chi connectivity index (χ4v) is 1.55. The molecule has 5 heteroatoms. The van der Waals surface area contributed by atoms with Crippen LogP contribution in [0.5, 0.6) is 0 Å². The molecule has 1 rings (SSSR count). The van der Waals surface area contributed by atoms with Crippen LogP contribution in [0.25, 0.3) is 0 Å². The van der Waals surface area contributed by atoms with E-state index in [2.05, 4.69) is 0 Å². The number of nitrogen functional groups attached to an aromatic ring is 1. The van der Waals surface area contributed by atoms with Gasteiger partial charge in [0, 0.05) is 17.6 Å². The summed E-state index contributed by atoms with van der Waals surface area (Å²) in [6, 6.07) is 2.93. The van der Waals surface area contributed by atoms with E-state index in [4.69, 9.17) is 40.4 Å². The normalized spacial score (nSPS) is 12.9. The highest BCUT2D eigenvalue weighted by molar-refractivity contribution is 6.36. The summed E-state index contributed by atoms with van der Waals surface area (Å²) in [5, 5.41) is 0.921. The summed E-state index contributed by atoms with van der Waals surface area (Å²) >= 11 is 11.6. The molecule has 0 aliphatic rings. The van der Waals surface area contributed by atoms with Crippen molar-refractivity contribution in [2.24, 2.45) is 11.5 Å². The summed E-state index contributed by atoms with van der Waals surface area (Å²) in [7, 11) is 0. The van der Waals surface area contributed by atoms with Crippen molar-refractivity contribution in [3.05, 3.63) is 27.7 Å². The number of hydrogen-bond acceptors (Lipinski definition) is 3. The standard InChI is InChI=1S/C8H11Cl2N3/c9-4-1-5(7(12)3-11)8(13)6(10)2-4/h1-2,7H,3,11-13H2/t7-/m1/s1. The van der Waals surface area contributed by atoms with Crippen LogP contribution in [-0.4, -0.2) is 6.54 Å². The third-order valence-electron chi connectivity index (χ3n) is 1.78. The SMILES string of the molecule is NC[C@@H](N)c1cc(Cl)cc(Cl)c1N. The second-order valence-corrected chi connectivity index (χ2v) is 3.58. The minimum atomic E-state index is -0.323. The van der Waals surface area contributed by atoms with E-state index >= 15 is 0 Å². The van der Waals surface area contributed by atoms with Gasteiger partial charge in [-0.2, -0.15) is 0 Å². The highest BCUT2D eigenvalue weighted by atomic mass is 35.5. The fraction of sp³-hybridized carbons (Fsp3) is 0.250. The molecule has 0 spiro atoms. The molecule has 0 saturated heterocycles. The molecule has 0 amide bonds. The minimum Gasteiger partial charge on any atom is -0.397 e. The van der Waals surface area contributed by atoms with Crippen molar-refractivity contribution < 1.29 is 0 Å². The van der Waals surface area contributed by atoms with Crippen LogP contribution in [0, 0.1) is 0 Å². The molecule has 1 atom stereocenters. The molecule has 6 N–H and O–H groups in total. The van der Waals surface area contributed by atoms with Gasteiger partial charge in [0.15, 0.2) is 0 Å². The van der Waals surface area contributed by atoms with E-state index in [1.165, 1.54) is 0 Å². The summed E-state index contributed by atoms with van der Waals surface area (Å²) in [6.07, 6.45) is 0. The van der Waals surface area contributed by atoms with Crippen molar-refractivity contribution in [3.8, 4) is 0 Å². The maximum absolute atomic E-state index is 5.81. The predicted octanol–water partition coefficient (Wildman–Crippen LogP) is 1.53. The first-order valence-corrected chi connectivity index (χ1v) is 4.52. The molecule has 0 heterocycles. The van der Waals surface area contributed by atoms with E-state index in [1.807, 2.05) is 0 Å². The van der Waals surface area contributed by atoms with Crippen LogP contribution in [0.3, 0.4) is 0 Å². The van der Waals surface area contributed by atoms with Gasteiger partial charge in [0.25, 0.3) is 0 Å². The quantitative estimate of drug-likeness (QED) is 0.661. The Kier molecular flexibility index (Phi) is 3.39. The van der Waals surface area contributed by atoms with Gasteiger partial charge in [-0.05, 0) is 17.7 Å². The zero-order valence-electron chi connectivity index (χ0n) is 6.93. The Morgan fingerprint density at radius 1 is 1.31 bits per heavy atom. The zero-order valence-corrected chi connectivity index (χ0v) is 8.44. The van der Waals surface area contributed by atoms with E-state index in [9.17, 15) is 0 Å². The lowest BCUT2D eigenvalue weighted by Crippen LogP contribution is -2.22. The molecule has 72 valence electrons.